The molecule has 0 saturated heterocycles. The standard InChI is InChI=1S/C20H17ClN4O3S/c1-2-29-20-24-23-19(18-8-5-11-26-18)25(20)22-12-14-9-10-15(28-14)13-27-17-7-4-3-6-16(17)21/h3-12H,2,13H2,1H3/b22-12-. The van der Waals surface area contributed by atoms with Crippen molar-refractivity contribution >= 4 is 29.6 Å². The fourth-order valence-corrected chi connectivity index (χ4v) is 3.32. The van der Waals surface area contributed by atoms with Gasteiger partial charge in [0.1, 0.15) is 23.9 Å². The number of ether oxygens (including phenoxy) is 1. The van der Waals surface area contributed by atoms with Gasteiger partial charge in [-0.2, -0.15) is 9.78 Å². The minimum atomic E-state index is 0.263. The summed E-state index contributed by atoms with van der Waals surface area (Å²) in [5.41, 5.74) is 0. The summed E-state index contributed by atoms with van der Waals surface area (Å²) in [4.78, 5) is 0. The summed E-state index contributed by atoms with van der Waals surface area (Å²) < 4.78 is 18.5. The molecule has 9 heteroatoms. The zero-order valence-corrected chi connectivity index (χ0v) is 17.1. The van der Waals surface area contributed by atoms with E-state index >= 15 is 0 Å². The van der Waals surface area contributed by atoms with Crippen LogP contribution in [-0.4, -0.2) is 26.8 Å². The van der Waals surface area contributed by atoms with Crippen molar-refractivity contribution in [1.82, 2.24) is 14.9 Å². The Morgan fingerprint density at radius 2 is 2.07 bits per heavy atom. The maximum Gasteiger partial charge on any atom is 0.221 e. The van der Waals surface area contributed by atoms with E-state index in [9.17, 15) is 0 Å². The van der Waals surface area contributed by atoms with Gasteiger partial charge >= 0.3 is 0 Å². The van der Waals surface area contributed by atoms with Gasteiger partial charge in [-0.05, 0) is 42.2 Å². The summed E-state index contributed by atoms with van der Waals surface area (Å²) in [5, 5.41) is 14.1. The molecule has 0 N–H and O–H groups in total. The van der Waals surface area contributed by atoms with E-state index in [0.717, 1.165) is 5.75 Å². The van der Waals surface area contributed by atoms with Crippen LogP contribution in [0, 0.1) is 0 Å². The quantitative estimate of drug-likeness (QED) is 0.278. The zero-order valence-electron chi connectivity index (χ0n) is 15.5. The van der Waals surface area contributed by atoms with Crippen LogP contribution in [0.2, 0.25) is 5.02 Å². The highest BCUT2D eigenvalue weighted by Gasteiger charge is 2.15. The molecule has 29 heavy (non-hydrogen) atoms. The Bertz CT molecular complexity index is 1100. The van der Waals surface area contributed by atoms with E-state index in [2.05, 4.69) is 15.3 Å². The number of benzene rings is 1. The highest BCUT2D eigenvalue weighted by atomic mass is 35.5. The van der Waals surface area contributed by atoms with Gasteiger partial charge in [0.25, 0.3) is 0 Å². The van der Waals surface area contributed by atoms with Gasteiger partial charge in [0.2, 0.25) is 11.0 Å². The largest absolute Gasteiger partial charge is 0.484 e. The fourth-order valence-electron chi connectivity index (χ4n) is 2.51. The number of halogens is 1. The van der Waals surface area contributed by atoms with Gasteiger partial charge in [-0.3, -0.25) is 0 Å². The molecule has 3 heterocycles. The SMILES string of the molecule is CCSc1nnc(-c2ccco2)n1/N=C\c1ccc(COc2ccccc2Cl)o1. The molecule has 0 aliphatic carbocycles. The number of rotatable bonds is 8. The minimum absolute atomic E-state index is 0.263. The number of hydrogen-bond donors (Lipinski definition) is 0. The Labute approximate surface area is 176 Å². The third kappa shape index (κ3) is 4.55. The average Bonchev–Trinajstić information content (AvgIpc) is 3.47. The van der Waals surface area contributed by atoms with E-state index in [1.54, 1.807) is 29.3 Å². The van der Waals surface area contributed by atoms with Crippen molar-refractivity contribution in [3.63, 3.8) is 0 Å². The van der Waals surface area contributed by atoms with Crippen molar-refractivity contribution in [2.75, 3.05) is 5.75 Å². The van der Waals surface area contributed by atoms with Crippen LogP contribution in [0.5, 0.6) is 5.75 Å². The molecule has 3 aromatic heterocycles. The summed E-state index contributed by atoms with van der Waals surface area (Å²) in [6.07, 6.45) is 3.19. The molecule has 0 spiro atoms. The molecule has 0 amide bonds. The van der Waals surface area contributed by atoms with Gasteiger partial charge in [-0.15, -0.1) is 10.2 Å². The average molecular weight is 429 g/mol. The van der Waals surface area contributed by atoms with Crippen LogP contribution in [0.15, 0.2) is 73.9 Å². The Balaban J connectivity index is 1.50. The first-order valence-corrected chi connectivity index (χ1v) is 10.2. The lowest BCUT2D eigenvalue weighted by Gasteiger charge is -2.05. The second kappa shape index (κ2) is 9.02. The van der Waals surface area contributed by atoms with Gasteiger partial charge in [-0.25, -0.2) is 0 Å². The molecule has 0 saturated carbocycles. The monoisotopic (exact) mass is 428 g/mol. The summed E-state index contributed by atoms with van der Waals surface area (Å²) in [7, 11) is 0. The molecular weight excluding hydrogens is 412 g/mol. The number of furan rings is 2. The van der Waals surface area contributed by atoms with Crippen molar-refractivity contribution in [2.24, 2.45) is 5.10 Å². The first kappa shape index (κ1) is 19.4. The smallest absolute Gasteiger partial charge is 0.221 e. The molecule has 4 aromatic rings. The number of aromatic nitrogens is 3. The van der Waals surface area contributed by atoms with Gasteiger partial charge in [0.05, 0.1) is 17.5 Å². The van der Waals surface area contributed by atoms with Crippen LogP contribution in [0.1, 0.15) is 18.4 Å². The van der Waals surface area contributed by atoms with Crippen molar-refractivity contribution in [3.05, 3.63) is 71.3 Å². The molecule has 0 unspecified atom stereocenters. The van der Waals surface area contributed by atoms with Gasteiger partial charge in [0, 0.05) is 0 Å². The molecule has 0 fully saturated rings. The first-order chi connectivity index (χ1) is 14.2. The van der Waals surface area contributed by atoms with Gasteiger partial charge in [0.15, 0.2) is 5.76 Å². The van der Waals surface area contributed by atoms with Crippen LogP contribution in [0.25, 0.3) is 11.6 Å². The maximum absolute atomic E-state index is 6.10. The number of para-hydroxylation sites is 1. The highest BCUT2D eigenvalue weighted by Crippen LogP contribution is 2.25. The third-order valence-corrected chi connectivity index (χ3v) is 4.93. The van der Waals surface area contributed by atoms with Crippen LogP contribution in [0.3, 0.4) is 0 Å². The van der Waals surface area contributed by atoms with E-state index < -0.39 is 0 Å². The predicted molar refractivity (Wildman–Crippen MR) is 112 cm³/mol. The number of thioether (sulfide) groups is 1. The first-order valence-electron chi connectivity index (χ1n) is 8.87. The molecule has 7 nitrogen and oxygen atoms in total. The van der Waals surface area contributed by atoms with Crippen LogP contribution >= 0.6 is 23.4 Å². The second-order valence-corrected chi connectivity index (χ2v) is 7.43. The van der Waals surface area contributed by atoms with Crippen LogP contribution in [-0.2, 0) is 6.61 Å². The van der Waals surface area contributed by atoms with Crippen LogP contribution < -0.4 is 4.74 Å². The molecule has 0 aliphatic rings. The van der Waals surface area contributed by atoms with Gasteiger partial charge in [-0.1, -0.05) is 42.4 Å². The van der Waals surface area contributed by atoms with E-state index in [0.29, 0.717) is 39.0 Å². The van der Waals surface area contributed by atoms with Crippen LogP contribution in [0.4, 0.5) is 0 Å². The van der Waals surface area contributed by atoms with Gasteiger partial charge < -0.3 is 13.6 Å². The lowest BCUT2D eigenvalue weighted by Crippen LogP contribution is -1.96. The minimum Gasteiger partial charge on any atom is -0.484 e. The van der Waals surface area contributed by atoms with E-state index in [4.69, 9.17) is 25.2 Å². The third-order valence-electron chi connectivity index (χ3n) is 3.82. The lowest BCUT2D eigenvalue weighted by atomic mass is 10.3. The normalized spacial score (nSPS) is 11.4. The van der Waals surface area contributed by atoms with Crippen molar-refractivity contribution in [1.29, 1.82) is 0 Å². The molecule has 0 aliphatic heterocycles. The van der Waals surface area contributed by atoms with E-state index in [1.165, 1.54) is 11.8 Å². The second-order valence-electron chi connectivity index (χ2n) is 5.80. The lowest BCUT2D eigenvalue weighted by molar-refractivity contribution is 0.270. The Kier molecular flexibility index (Phi) is 6.02. The topological polar surface area (TPSA) is 78.6 Å². The number of hydrogen-bond acceptors (Lipinski definition) is 7. The molecule has 1 aromatic carbocycles. The summed E-state index contributed by atoms with van der Waals surface area (Å²) in [5.74, 6) is 3.80. The fraction of sp³-hybridized carbons (Fsp3) is 0.150. The summed E-state index contributed by atoms with van der Waals surface area (Å²) in [6, 6.07) is 14.6. The molecule has 0 atom stereocenters. The molecule has 0 radical (unpaired) electrons. The van der Waals surface area contributed by atoms with Crippen molar-refractivity contribution in [3.8, 4) is 17.3 Å². The Hall–Kier alpha value is -2.97. The molecule has 4 rings (SSSR count). The Morgan fingerprint density at radius 3 is 2.86 bits per heavy atom. The highest BCUT2D eigenvalue weighted by molar-refractivity contribution is 7.99. The predicted octanol–water partition coefficient (Wildman–Crippen LogP) is 5.36. The van der Waals surface area contributed by atoms with Crippen molar-refractivity contribution < 1.29 is 13.6 Å². The van der Waals surface area contributed by atoms with Crippen molar-refractivity contribution in [2.45, 2.75) is 18.7 Å². The maximum atomic E-state index is 6.10. The van der Waals surface area contributed by atoms with E-state index in [1.807, 2.05) is 43.3 Å². The summed E-state index contributed by atoms with van der Waals surface area (Å²) in [6.45, 7) is 2.30. The molecular formula is C20H17ClN4O3S. The zero-order chi connectivity index (χ0) is 20.1. The Morgan fingerprint density at radius 1 is 1.17 bits per heavy atom. The molecule has 0 bridgehead atoms. The molecule has 148 valence electrons. The van der Waals surface area contributed by atoms with E-state index in [-0.39, 0.29) is 6.61 Å². The summed E-state index contributed by atoms with van der Waals surface area (Å²) >= 11 is 7.64. The number of nitrogens with zero attached hydrogens (tertiary/aromatic N) is 4.